The van der Waals surface area contributed by atoms with Crippen LogP contribution in [0.25, 0.3) is 0 Å². The van der Waals surface area contributed by atoms with Crippen molar-refractivity contribution < 1.29 is 14.3 Å². The van der Waals surface area contributed by atoms with Crippen molar-refractivity contribution in [3.63, 3.8) is 0 Å². The van der Waals surface area contributed by atoms with Crippen LogP contribution in [0.3, 0.4) is 0 Å². The zero-order valence-electron chi connectivity index (χ0n) is 9.58. The number of nitrogens with one attached hydrogen (secondary N) is 1. The predicted molar refractivity (Wildman–Crippen MR) is 57.1 cm³/mol. The van der Waals surface area contributed by atoms with Crippen molar-refractivity contribution in [3.8, 4) is 0 Å². The molecule has 2 unspecified atom stereocenters. The zero-order valence-corrected chi connectivity index (χ0v) is 9.58. The van der Waals surface area contributed by atoms with Crippen LogP contribution in [0.4, 0.5) is 0 Å². The molecule has 0 fully saturated rings. The van der Waals surface area contributed by atoms with Gasteiger partial charge >= 0.3 is 5.97 Å². The molecule has 0 aliphatic carbocycles. The van der Waals surface area contributed by atoms with Gasteiger partial charge in [0, 0.05) is 12.5 Å². The van der Waals surface area contributed by atoms with E-state index in [9.17, 15) is 9.59 Å². The molecule has 0 spiro atoms. The highest BCUT2D eigenvalue weighted by Crippen LogP contribution is 1.95. The lowest BCUT2D eigenvalue weighted by molar-refractivity contribution is -0.146. The number of carbonyl (C=O) groups is 2. The second kappa shape index (κ2) is 7.23. The predicted octanol–water partition coefficient (Wildman–Crippen LogP) is 0.182. The van der Waals surface area contributed by atoms with Crippen molar-refractivity contribution in [1.82, 2.24) is 5.32 Å². The van der Waals surface area contributed by atoms with E-state index in [1.54, 1.807) is 13.8 Å². The second-order valence-corrected chi connectivity index (χ2v) is 3.56. The normalized spacial score (nSPS) is 14.1. The summed E-state index contributed by atoms with van der Waals surface area (Å²) in [5, 5.41) is 2.55. The number of hydrogen-bond donors (Lipinski definition) is 2. The number of nitrogens with two attached hydrogens (primary N) is 1. The van der Waals surface area contributed by atoms with Crippen LogP contribution < -0.4 is 11.1 Å². The zero-order chi connectivity index (χ0) is 11.8. The molecule has 15 heavy (non-hydrogen) atoms. The topological polar surface area (TPSA) is 81.4 Å². The molecule has 0 heterocycles. The first-order valence-corrected chi connectivity index (χ1v) is 5.19. The van der Waals surface area contributed by atoms with E-state index in [4.69, 9.17) is 10.5 Å². The Balaban J connectivity index is 3.80. The van der Waals surface area contributed by atoms with E-state index in [1.807, 2.05) is 6.92 Å². The summed E-state index contributed by atoms with van der Waals surface area (Å²) in [4.78, 5) is 22.4. The van der Waals surface area contributed by atoms with Gasteiger partial charge in [-0.15, -0.1) is 0 Å². The highest BCUT2D eigenvalue weighted by molar-refractivity contribution is 5.84. The molecule has 3 N–H and O–H groups in total. The van der Waals surface area contributed by atoms with Crippen LogP contribution >= 0.6 is 0 Å². The molecule has 0 aliphatic heterocycles. The van der Waals surface area contributed by atoms with E-state index in [2.05, 4.69) is 5.32 Å². The largest absolute Gasteiger partial charge is 0.464 e. The standard InChI is InChI=1S/C10H20N2O3/c1-4-15-10(14)8(3)12-9(13)6-5-7(2)11/h7-8H,4-6,11H2,1-3H3,(H,12,13). The average Bonchev–Trinajstić information content (AvgIpc) is 2.15. The Labute approximate surface area is 90.4 Å². The molecule has 0 rings (SSSR count). The number of hydrogen-bond acceptors (Lipinski definition) is 4. The maximum atomic E-state index is 11.3. The molecule has 0 aromatic carbocycles. The molecule has 2 atom stereocenters. The highest BCUT2D eigenvalue weighted by atomic mass is 16.5. The van der Waals surface area contributed by atoms with Gasteiger partial charge in [-0.2, -0.15) is 0 Å². The Morgan fingerprint density at radius 2 is 2.00 bits per heavy atom. The van der Waals surface area contributed by atoms with Crippen molar-refractivity contribution >= 4 is 11.9 Å². The number of ether oxygens (including phenoxy) is 1. The van der Waals surface area contributed by atoms with Crippen LogP contribution in [0.2, 0.25) is 0 Å². The molecule has 0 bridgehead atoms. The summed E-state index contributed by atoms with van der Waals surface area (Å²) in [5.41, 5.74) is 5.51. The summed E-state index contributed by atoms with van der Waals surface area (Å²) in [6.07, 6.45) is 0.947. The Morgan fingerprint density at radius 1 is 1.40 bits per heavy atom. The Kier molecular flexibility index (Phi) is 6.70. The van der Waals surface area contributed by atoms with Gasteiger partial charge in [0.2, 0.25) is 5.91 Å². The van der Waals surface area contributed by atoms with Crippen LogP contribution in [0.1, 0.15) is 33.6 Å². The summed E-state index contributed by atoms with van der Waals surface area (Å²) >= 11 is 0. The molecule has 88 valence electrons. The first-order chi connectivity index (χ1) is 6.97. The second-order valence-electron chi connectivity index (χ2n) is 3.56. The highest BCUT2D eigenvalue weighted by Gasteiger charge is 2.16. The summed E-state index contributed by atoms with van der Waals surface area (Å²) in [6, 6.07) is -0.598. The van der Waals surface area contributed by atoms with Crippen LogP contribution in [0.5, 0.6) is 0 Å². The summed E-state index contributed by atoms with van der Waals surface area (Å²) < 4.78 is 4.75. The van der Waals surface area contributed by atoms with Crippen molar-refractivity contribution in [2.75, 3.05) is 6.61 Å². The quantitative estimate of drug-likeness (QED) is 0.621. The number of rotatable bonds is 6. The van der Waals surface area contributed by atoms with Crippen LogP contribution in [0, 0.1) is 0 Å². The molecule has 0 aliphatic rings. The molecule has 5 nitrogen and oxygen atoms in total. The van der Waals surface area contributed by atoms with Gasteiger partial charge in [-0.05, 0) is 27.2 Å². The average molecular weight is 216 g/mol. The summed E-state index contributed by atoms with van der Waals surface area (Å²) in [7, 11) is 0. The first kappa shape index (κ1) is 13.9. The third-order valence-corrected chi connectivity index (χ3v) is 1.84. The van der Waals surface area contributed by atoms with Gasteiger partial charge in [0.15, 0.2) is 0 Å². The Bertz CT molecular complexity index is 217. The fourth-order valence-electron chi connectivity index (χ4n) is 0.999. The maximum Gasteiger partial charge on any atom is 0.328 e. The molecule has 0 saturated heterocycles. The summed E-state index contributed by atoms with van der Waals surface area (Å²) in [5.74, 6) is -0.584. The molecular weight excluding hydrogens is 196 g/mol. The molecular formula is C10H20N2O3. The van der Waals surface area contributed by atoms with Crippen LogP contribution in [-0.4, -0.2) is 30.6 Å². The smallest absolute Gasteiger partial charge is 0.328 e. The molecule has 0 radical (unpaired) electrons. The summed E-state index contributed by atoms with van der Waals surface area (Å²) in [6.45, 7) is 5.48. The minimum Gasteiger partial charge on any atom is -0.464 e. The fraction of sp³-hybridized carbons (Fsp3) is 0.800. The maximum absolute atomic E-state index is 11.3. The lowest BCUT2D eigenvalue weighted by atomic mass is 10.2. The lowest BCUT2D eigenvalue weighted by Gasteiger charge is -2.12. The van der Waals surface area contributed by atoms with E-state index in [0.29, 0.717) is 19.4 Å². The van der Waals surface area contributed by atoms with Crippen molar-refractivity contribution in [2.24, 2.45) is 5.73 Å². The molecule has 1 amide bonds. The third kappa shape index (κ3) is 6.90. The van der Waals surface area contributed by atoms with Gasteiger partial charge in [-0.25, -0.2) is 4.79 Å². The van der Waals surface area contributed by atoms with E-state index < -0.39 is 12.0 Å². The van der Waals surface area contributed by atoms with Gasteiger partial charge in [0.25, 0.3) is 0 Å². The van der Waals surface area contributed by atoms with Crippen molar-refractivity contribution in [2.45, 2.75) is 45.7 Å². The Hall–Kier alpha value is -1.10. The molecule has 0 aromatic rings. The van der Waals surface area contributed by atoms with E-state index in [0.717, 1.165) is 0 Å². The van der Waals surface area contributed by atoms with Gasteiger partial charge in [-0.1, -0.05) is 0 Å². The van der Waals surface area contributed by atoms with Gasteiger partial charge < -0.3 is 15.8 Å². The lowest BCUT2D eigenvalue weighted by Crippen LogP contribution is -2.39. The first-order valence-electron chi connectivity index (χ1n) is 5.19. The van der Waals surface area contributed by atoms with Gasteiger partial charge in [-0.3, -0.25) is 4.79 Å². The third-order valence-electron chi connectivity index (χ3n) is 1.84. The van der Waals surface area contributed by atoms with Gasteiger partial charge in [0.05, 0.1) is 6.61 Å². The Morgan fingerprint density at radius 3 is 2.47 bits per heavy atom. The van der Waals surface area contributed by atoms with Crippen molar-refractivity contribution in [3.05, 3.63) is 0 Å². The molecule has 5 heteroatoms. The minimum atomic E-state index is -0.592. The number of amides is 1. The number of carbonyl (C=O) groups excluding carboxylic acids is 2. The monoisotopic (exact) mass is 216 g/mol. The van der Waals surface area contributed by atoms with E-state index in [1.165, 1.54) is 0 Å². The van der Waals surface area contributed by atoms with Gasteiger partial charge in [0.1, 0.15) is 6.04 Å². The molecule has 0 aromatic heterocycles. The van der Waals surface area contributed by atoms with E-state index >= 15 is 0 Å². The molecule has 0 saturated carbocycles. The van der Waals surface area contributed by atoms with Crippen molar-refractivity contribution in [1.29, 1.82) is 0 Å². The van der Waals surface area contributed by atoms with E-state index in [-0.39, 0.29) is 11.9 Å². The van der Waals surface area contributed by atoms with Crippen LogP contribution in [0.15, 0.2) is 0 Å². The number of esters is 1. The fourth-order valence-corrected chi connectivity index (χ4v) is 0.999. The minimum absolute atomic E-state index is 0.00588. The SMILES string of the molecule is CCOC(=O)C(C)NC(=O)CCC(C)N. The van der Waals surface area contributed by atoms with Crippen LogP contribution in [-0.2, 0) is 14.3 Å².